The number of amides is 4. The van der Waals surface area contributed by atoms with Crippen LogP contribution in [0.3, 0.4) is 0 Å². The van der Waals surface area contributed by atoms with Crippen molar-refractivity contribution in [1.29, 1.82) is 0 Å². The Bertz CT molecular complexity index is 1760. The first-order valence-electron chi connectivity index (χ1n) is 15.8. The molecule has 1 aromatic carbocycles. The lowest BCUT2D eigenvalue weighted by Gasteiger charge is -2.35. The molecule has 15 nitrogen and oxygen atoms in total. The lowest BCUT2D eigenvalue weighted by molar-refractivity contribution is -0.142. The van der Waals surface area contributed by atoms with Crippen LogP contribution in [-0.2, 0) is 30.8 Å². The van der Waals surface area contributed by atoms with Gasteiger partial charge in [-0.15, -0.1) is 6.58 Å². The minimum atomic E-state index is -3.90. The van der Waals surface area contributed by atoms with Gasteiger partial charge >= 0.3 is 6.09 Å². The molecule has 1 unspecified atom stereocenters. The van der Waals surface area contributed by atoms with Crippen LogP contribution in [0.15, 0.2) is 30.9 Å². The highest BCUT2D eigenvalue weighted by Gasteiger charge is 2.62. The van der Waals surface area contributed by atoms with Gasteiger partial charge in [-0.25, -0.2) is 23.2 Å². The number of carbonyl (C=O) groups excluding carboxylic acids is 3. The number of nitrogens with zero attached hydrogens (tertiary/aromatic N) is 3. The SMILES string of the molecule is C=C[C@@H]1C[C@]1(NC(=O)[C@@H]1C[C@@H](Oc2nc3cc(OC)ccc3nc2CC)CN1C(=O)C(NC(=O)O)C(C)(C)C)C(=O)NS(=O)(=O)C1CC1. The molecule has 3 aliphatic rings. The van der Waals surface area contributed by atoms with E-state index in [2.05, 4.69) is 31.9 Å². The van der Waals surface area contributed by atoms with Gasteiger partial charge in [0.1, 0.15) is 35.2 Å². The standard InChI is InChI=1S/C32H42N6O9S/c1-7-17-15-32(17,29(41)37-48(44,45)20-10-11-20)36-26(39)24-14-19(16-38(24)28(40)25(31(3,4)5)35-30(42)43)47-27-21(8-2)33-22-12-9-18(46-6)13-23(22)34-27/h7,9,12-13,17,19-20,24-25,35H,1,8,10-11,14-16H2,2-6H3,(H,36,39)(H,37,41)(H,42,43)/t17-,19-,24+,25?,32-/m1/s1. The molecule has 2 aliphatic carbocycles. The third-order valence-corrected chi connectivity index (χ3v) is 10.8. The number of aryl methyl sites for hydroxylation is 1. The van der Waals surface area contributed by atoms with E-state index in [4.69, 9.17) is 9.47 Å². The van der Waals surface area contributed by atoms with Crippen LogP contribution >= 0.6 is 0 Å². The summed E-state index contributed by atoms with van der Waals surface area (Å²) >= 11 is 0. The molecule has 1 aromatic heterocycles. The van der Waals surface area contributed by atoms with E-state index in [0.717, 1.165) is 0 Å². The molecule has 0 bridgehead atoms. The van der Waals surface area contributed by atoms with Gasteiger partial charge in [0, 0.05) is 18.4 Å². The second-order valence-electron chi connectivity index (χ2n) is 13.6. The first-order chi connectivity index (χ1) is 22.5. The molecule has 260 valence electrons. The van der Waals surface area contributed by atoms with E-state index >= 15 is 0 Å². The van der Waals surface area contributed by atoms with E-state index < -0.39 is 74.1 Å². The smallest absolute Gasteiger partial charge is 0.405 e. The number of carboxylic acid groups (broad SMARTS) is 1. The molecule has 1 aliphatic heterocycles. The van der Waals surface area contributed by atoms with Crippen LogP contribution < -0.4 is 24.8 Å². The molecule has 3 fully saturated rings. The molecule has 48 heavy (non-hydrogen) atoms. The number of fused-ring (bicyclic) bond motifs is 1. The molecule has 16 heteroatoms. The number of aromatic nitrogens is 2. The summed E-state index contributed by atoms with van der Waals surface area (Å²) in [5.74, 6) is -2.01. The summed E-state index contributed by atoms with van der Waals surface area (Å²) in [6, 6.07) is 2.82. The number of rotatable bonds is 12. The summed E-state index contributed by atoms with van der Waals surface area (Å²) in [6.45, 7) is 10.6. The largest absolute Gasteiger partial charge is 0.497 e. The van der Waals surface area contributed by atoms with Crippen molar-refractivity contribution in [3.63, 3.8) is 0 Å². The van der Waals surface area contributed by atoms with Gasteiger partial charge in [-0.05, 0) is 43.2 Å². The van der Waals surface area contributed by atoms with Crippen LogP contribution in [0.5, 0.6) is 11.6 Å². The van der Waals surface area contributed by atoms with Crippen molar-refractivity contribution in [2.75, 3.05) is 13.7 Å². The quantitative estimate of drug-likeness (QED) is 0.237. The Balaban J connectivity index is 1.45. The fourth-order valence-corrected chi connectivity index (χ4v) is 7.36. The van der Waals surface area contributed by atoms with E-state index in [1.54, 1.807) is 39.0 Å². The molecule has 1 saturated heterocycles. The molecule has 0 spiro atoms. The number of benzene rings is 1. The summed E-state index contributed by atoms with van der Waals surface area (Å²) in [6.07, 6.45) is 0.748. The number of nitrogens with one attached hydrogen (secondary N) is 3. The van der Waals surface area contributed by atoms with Gasteiger partial charge in [0.2, 0.25) is 27.7 Å². The van der Waals surface area contributed by atoms with E-state index in [1.165, 1.54) is 18.1 Å². The summed E-state index contributed by atoms with van der Waals surface area (Å²) in [5.41, 5.74) is -0.760. The molecule has 5 atom stereocenters. The maximum Gasteiger partial charge on any atom is 0.405 e. The predicted molar refractivity (Wildman–Crippen MR) is 174 cm³/mol. The Hall–Kier alpha value is -4.47. The maximum atomic E-state index is 14.1. The van der Waals surface area contributed by atoms with Crippen LogP contribution in [0.25, 0.3) is 11.0 Å². The normalized spacial score (nSPS) is 24.4. The average molecular weight is 687 g/mol. The molecule has 2 aromatic rings. The minimum absolute atomic E-state index is 0.0285. The van der Waals surface area contributed by atoms with Gasteiger partial charge in [-0.2, -0.15) is 0 Å². The topological polar surface area (TPSA) is 206 Å². The Morgan fingerprint density at radius 1 is 1.19 bits per heavy atom. The second kappa shape index (κ2) is 12.9. The van der Waals surface area contributed by atoms with Gasteiger partial charge in [-0.3, -0.25) is 19.1 Å². The Morgan fingerprint density at radius 3 is 2.46 bits per heavy atom. The number of likely N-dealkylation sites (tertiary alicyclic amines) is 1. The van der Waals surface area contributed by atoms with Crippen LogP contribution in [0.2, 0.25) is 0 Å². The highest BCUT2D eigenvalue weighted by atomic mass is 32.2. The number of hydrogen-bond donors (Lipinski definition) is 4. The van der Waals surface area contributed by atoms with Crippen molar-refractivity contribution in [2.45, 2.75) is 88.8 Å². The van der Waals surface area contributed by atoms with Crippen molar-refractivity contribution >= 4 is 44.9 Å². The Morgan fingerprint density at radius 2 is 1.90 bits per heavy atom. The van der Waals surface area contributed by atoms with Gasteiger partial charge in [0.25, 0.3) is 5.91 Å². The average Bonchev–Trinajstić information content (AvgIpc) is 3.95. The van der Waals surface area contributed by atoms with E-state index in [9.17, 15) is 32.7 Å². The number of ether oxygens (including phenoxy) is 2. The zero-order chi connectivity index (χ0) is 35.2. The first kappa shape index (κ1) is 34.9. The van der Waals surface area contributed by atoms with Gasteiger partial charge < -0.3 is 30.1 Å². The molecule has 2 saturated carbocycles. The molecular weight excluding hydrogens is 644 g/mol. The number of methoxy groups -OCH3 is 1. The monoisotopic (exact) mass is 686 g/mol. The highest BCUT2D eigenvalue weighted by Crippen LogP contribution is 2.45. The lowest BCUT2D eigenvalue weighted by Crippen LogP contribution is -2.60. The van der Waals surface area contributed by atoms with Crippen molar-refractivity contribution in [2.24, 2.45) is 11.3 Å². The van der Waals surface area contributed by atoms with Gasteiger partial charge in [0.15, 0.2) is 0 Å². The zero-order valence-electron chi connectivity index (χ0n) is 27.6. The van der Waals surface area contributed by atoms with Crippen molar-refractivity contribution in [1.82, 2.24) is 30.2 Å². The first-order valence-corrected chi connectivity index (χ1v) is 17.4. The van der Waals surface area contributed by atoms with Crippen molar-refractivity contribution < 1.29 is 42.2 Å². The van der Waals surface area contributed by atoms with Gasteiger partial charge in [0.05, 0.1) is 29.9 Å². The summed E-state index contributed by atoms with van der Waals surface area (Å²) in [4.78, 5) is 63.7. The Kier molecular flexibility index (Phi) is 9.34. The fraction of sp³-hybridized carbons (Fsp3) is 0.562. The third kappa shape index (κ3) is 7.03. The van der Waals surface area contributed by atoms with E-state index in [1.807, 2.05) is 6.92 Å². The third-order valence-electron chi connectivity index (χ3n) is 9.00. The minimum Gasteiger partial charge on any atom is -0.497 e. The molecule has 2 heterocycles. The molecule has 4 amide bonds. The highest BCUT2D eigenvalue weighted by molar-refractivity contribution is 7.91. The Labute approximate surface area is 278 Å². The molecule has 4 N–H and O–H groups in total. The number of hydrogen-bond acceptors (Lipinski definition) is 10. The number of sulfonamides is 1. The van der Waals surface area contributed by atoms with Crippen molar-refractivity contribution in [3.8, 4) is 11.6 Å². The summed E-state index contributed by atoms with van der Waals surface area (Å²) in [5, 5.41) is 13.9. The second-order valence-corrected chi connectivity index (χ2v) is 15.6. The summed E-state index contributed by atoms with van der Waals surface area (Å²) < 4.78 is 38.9. The van der Waals surface area contributed by atoms with Crippen LogP contribution in [0, 0.1) is 11.3 Å². The van der Waals surface area contributed by atoms with Crippen LogP contribution in [0.1, 0.15) is 59.1 Å². The van der Waals surface area contributed by atoms with Gasteiger partial charge in [-0.1, -0.05) is 33.8 Å². The maximum absolute atomic E-state index is 14.1. The summed E-state index contributed by atoms with van der Waals surface area (Å²) in [7, 11) is -2.37. The van der Waals surface area contributed by atoms with Crippen LogP contribution in [0.4, 0.5) is 4.79 Å². The number of carbonyl (C=O) groups is 4. The van der Waals surface area contributed by atoms with E-state index in [-0.39, 0.29) is 25.3 Å². The van der Waals surface area contributed by atoms with Crippen molar-refractivity contribution in [3.05, 3.63) is 36.5 Å². The van der Waals surface area contributed by atoms with E-state index in [0.29, 0.717) is 41.7 Å². The fourth-order valence-electron chi connectivity index (χ4n) is 6.00. The molecular formula is C32H42N6O9S. The lowest BCUT2D eigenvalue weighted by atomic mass is 9.85. The molecule has 0 radical (unpaired) electrons. The zero-order valence-corrected chi connectivity index (χ0v) is 28.4. The van der Waals surface area contributed by atoms with Crippen LogP contribution in [-0.4, -0.2) is 94.8 Å². The molecule has 5 rings (SSSR count). The predicted octanol–water partition coefficient (Wildman–Crippen LogP) is 1.90.